The molecular formula is C11H11BrN2O2. The van der Waals surface area contributed by atoms with Crippen LogP contribution in [-0.2, 0) is 6.54 Å². The molecule has 0 aliphatic heterocycles. The summed E-state index contributed by atoms with van der Waals surface area (Å²) in [4.78, 5) is 0. The lowest BCUT2D eigenvalue weighted by atomic mass is 10.1. The number of rotatable bonds is 3. The van der Waals surface area contributed by atoms with Crippen molar-refractivity contribution in [3.63, 3.8) is 0 Å². The van der Waals surface area contributed by atoms with E-state index in [0.29, 0.717) is 12.3 Å². The Bertz CT molecular complexity index is 496. The minimum Gasteiger partial charge on any atom is -0.496 e. The van der Waals surface area contributed by atoms with Gasteiger partial charge in [-0.05, 0) is 34.1 Å². The second kappa shape index (κ2) is 4.67. The first-order chi connectivity index (χ1) is 7.76. The molecule has 0 spiro atoms. The van der Waals surface area contributed by atoms with Crippen molar-refractivity contribution < 1.29 is 9.26 Å². The standard InChI is InChI=1S/C11H11BrN2O2/c1-15-10-3-2-7(4-9(10)12)11-8(5-13)6-14-16-11/h2-4,6H,5,13H2,1H3. The van der Waals surface area contributed by atoms with Crippen molar-refractivity contribution in [1.82, 2.24) is 5.16 Å². The summed E-state index contributed by atoms with van der Waals surface area (Å²) in [5.41, 5.74) is 7.40. The molecule has 84 valence electrons. The van der Waals surface area contributed by atoms with Crippen LogP contribution in [0.5, 0.6) is 5.75 Å². The van der Waals surface area contributed by atoms with E-state index in [1.54, 1.807) is 13.3 Å². The number of aromatic nitrogens is 1. The first-order valence-electron chi connectivity index (χ1n) is 4.73. The highest BCUT2D eigenvalue weighted by molar-refractivity contribution is 9.10. The molecule has 0 aliphatic rings. The quantitative estimate of drug-likeness (QED) is 0.940. The molecule has 0 saturated carbocycles. The van der Waals surface area contributed by atoms with Gasteiger partial charge in [-0.3, -0.25) is 0 Å². The maximum absolute atomic E-state index is 5.59. The van der Waals surface area contributed by atoms with Crippen molar-refractivity contribution in [1.29, 1.82) is 0 Å². The van der Waals surface area contributed by atoms with Gasteiger partial charge < -0.3 is 15.0 Å². The van der Waals surface area contributed by atoms with Crippen molar-refractivity contribution in [3.8, 4) is 17.1 Å². The van der Waals surface area contributed by atoms with E-state index in [0.717, 1.165) is 21.3 Å². The summed E-state index contributed by atoms with van der Waals surface area (Å²) in [6.07, 6.45) is 1.63. The molecule has 5 heteroatoms. The number of ether oxygens (including phenoxy) is 1. The molecule has 4 nitrogen and oxygen atoms in total. The average Bonchev–Trinajstić information content (AvgIpc) is 2.77. The third-order valence-corrected chi connectivity index (χ3v) is 2.90. The van der Waals surface area contributed by atoms with Crippen LogP contribution in [0, 0.1) is 0 Å². The number of hydrogen-bond donors (Lipinski definition) is 1. The summed E-state index contributed by atoms with van der Waals surface area (Å²) < 4.78 is 11.2. The van der Waals surface area contributed by atoms with Crippen LogP contribution in [0.15, 0.2) is 33.4 Å². The zero-order chi connectivity index (χ0) is 11.5. The maximum Gasteiger partial charge on any atom is 0.171 e. The topological polar surface area (TPSA) is 61.3 Å². The van der Waals surface area contributed by atoms with Crippen molar-refractivity contribution >= 4 is 15.9 Å². The Kier molecular flexibility index (Phi) is 3.26. The van der Waals surface area contributed by atoms with E-state index in [1.807, 2.05) is 18.2 Å². The molecule has 16 heavy (non-hydrogen) atoms. The number of halogens is 1. The lowest BCUT2D eigenvalue weighted by Crippen LogP contribution is -1.96. The van der Waals surface area contributed by atoms with Crippen LogP contribution in [0.25, 0.3) is 11.3 Å². The summed E-state index contributed by atoms with van der Waals surface area (Å²) in [6.45, 7) is 0.405. The van der Waals surface area contributed by atoms with Crippen molar-refractivity contribution in [2.75, 3.05) is 7.11 Å². The zero-order valence-corrected chi connectivity index (χ0v) is 10.3. The first-order valence-corrected chi connectivity index (χ1v) is 5.53. The summed E-state index contributed by atoms with van der Waals surface area (Å²) in [6, 6.07) is 5.68. The highest BCUT2D eigenvalue weighted by Gasteiger charge is 2.11. The monoisotopic (exact) mass is 282 g/mol. The summed E-state index contributed by atoms with van der Waals surface area (Å²) in [5, 5.41) is 3.74. The molecule has 0 bridgehead atoms. The molecule has 0 aliphatic carbocycles. The Morgan fingerprint density at radius 3 is 2.94 bits per heavy atom. The van der Waals surface area contributed by atoms with Crippen LogP contribution < -0.4 is 10.5 Å². The number of nitrogens with two attached hydrogens (primary N) is 1. The molecule has 1 heterocycles. The van der Waals surface area contributed by atoms with Gasteiger partial charge in [-0.25, -0.2) is 0 Å². The lowest BCUT2D eigenvalue weighted by molar-refractivity contribution is 0.411. The van der Waals surface area contributed by atoms with Crippen LogP contribution >= 0.6 is 15.9 Å². The molecule has 0 atom stereocenters. The Morgan fingerprint density at radius 2 is 2.31 bits per heavy atom. The molecule has 2 rings (SSSR count). The van der Waals surface area contributed by atoms with Gasteiger partial charge in [0.05, 0.1) is 17.8 Å². The Labute approximate surface area is 102 Å². The third kappa shape index (κ3) is 1.96. The van der Waals surface area contributed by atoms with Crippen LogP contribution in [0.1, 0.15) is 5.56 Å². The highest BCUT2D eigenvalue weighted by Crippen LogP contribution is 2.31. The second-order valence-corrected chi connectivity index (χ2v) is 4.09. The lowest BCUT2D eigenvalue weighted by Gasteiger charge is -2.05. The third-order valence-electron chi connectivity index (χ3n) is 2.28. The first kappa shape index (κ1) is 11.2. The van der Waals surface area contributed by atoms with E-state index in [2.05, 4.69) is 21.1 Å². The van der Waals surface area contributed by atoms with Crippen LogP contribution in [0.2, 0.25) is 0 Å². The fourth-order valence-corrected chi connectivity index (χ4v) is 1.99. The van der Waals surface area contributed by atoms with E-state index < -0.39 is 0 Å². The number of nitrogens with zero attached hydrogens (tertiary/aromatic N) is 1. The molecule has 0 amide bonds. The number of hydrogen-bond acceptors (Lipinski definition) is 4. The van der Waals surface area contributed by atoms with Crippen LogP contribution in [0.4, 0.5) is 0 Å². The summed E-state index contributed by atoms with van der Waals surface area (Å²) >= 11 is 3.42. The van der Waals surface area contributed by atoms with E-state index in [4.69, 9.17) is 15.0 Å². The van der Waals surface area contributed by atoms with Crippen molar-refractivity contribution in [3.05, 3.63) is 34.4 Å². The largest absolute Gasteiger partial charge is 0.496 e. The maximum atomic E-state index is 5.59. The van der Waals surface area contributed by atoms with Gasteiger partial charge in [0, 0.05) is 17.7 Å². The smallest absolute Gasteiger partial charge is 0.171 e. The average molecular weight is 283 g/mol. The van der Waals surface area contributed by atoms with Crippen LogP contribution in [0.3, 0.4) is 0 Å². The van der Waals surface area contributed by atoms with Crippen LogP contribution in [-0.4, -0.2) is 12.3 Å². The van der Waals surface area contributed by atoms with Gasteiger partial charge in [-0.1, -0.05) is 5.16 Å². The van der Waals surface area contributed by atoms with Gasteiger partial charge in [0.15, 0.2) is 5.76 Å². The highest BCUT2D eigenvalue weighted by atomic mass is 79.9. The molecule has 0 fully saturated rings. The normalized spacial score (nSPS) is 10.4. The fourth-order valence-electron chi connectivity index (χ4n) is 1.45. The molecule has 2 N–H and O–H groups in total. The van der Waals surface area contributed by atoms with Gasteiger partial charge >= 0.3 is 0 Å². The van der Waals surface area contributed by atoms with Gasteiger partial charge in [-0.15, -0.1) is 0 Å². The minimum absolute atomic E-state index is 0.405. The number of methoxy groups -OCH3 is 1. The Hall–Kier alpha value is -1.33. The van der Waals surface area contributed by atoms with Gasteiger partial charge in [-0.2, -0.15) is 0 Å². The van der Waals surface area contributed by atoms with E-state index in [1.165, 1.54) is 0 Å². The fraction of sp³-hybridized carbons (Fsp3) is 0.182. The molecule has 0 unspecified atom stereocenters. The molecule has 1 aromatic carbocycles. The minimum atomic E-state index is 0.405. The van der Waals surface area contributed by atoms with Gasteiger partial charge in [0.25, 0.3) is 0 Å². The van der Waals surface area contributed by atoms with Crippen molar-refractivity contribution in [2.45, 2.75) is 6.54 Å². The second-order valence-electron chi connectivity index (χ2n) is 3.23. The van der Waals surface area contributed by atoms with E-state index >= 15 is 0 Å². The molecule has 0 radical (unpaired) electrons. The summed E-state index contributed by atoms with van der Waals surface area (Å²) in [7, 11) is 1.62. The van der Waals surface area contributed by atoms with Gasteiger partial charge in [0.2, 0.25) is 0 Å². The zero-order valence-electron chi connectivity index (χ0n) is 8.74. The molecule has 1 aromatic heterocycles. The predicted molar refractivity (Wildman–Crippen MR) is 64.1 cm³/mol. The predicted octanol–water partition coefficient (Wildman–Crippen LogP) is 2.57. The van der Waals surface area contributed by atoms with Gasteiger partial charge in [0.1, 0.15) is 5.75 Å². The number of benzene rings is 1. The molecular weight excluding hydrogens is 272 g/mol. The van der Waals surface area contributed by atoms with E-state index in [9.17, 15) is 0 Å². The Morgan fingerprint density at radius 1 is 1.50 bits per heavy atom. The molecule has 0 saturated heterocycles. The SMILES string of the molecule is COc1ccc(-c2oncc2CN)cc1Br. The van der Waals surface area contributed by atoms with Crippen molar-refractivity contribution in [2.24, 2.45) is 5.73 Å². The Balaban J connectivity index is 2.45. The summed E-state index contributed by atoms with van der Waals surface area (Å²) in [5.74, 6) is 1.48. The molecule has 2 aromatic rings. The van der Waals surface area contributed by atoms with E-state index in [-0.39, 0.29) is 0 Å².